The molecule has 0 aliphatic carbocycles. The van der Waals surface area contributed by atoms with Crippen LogP contribution in [0, 0.1) is 15.0 Å². The van der Waals surface area contributed by atoms with Gasteiger partial charge < -0.3 is 20.1 Å². The monoisotopic (exact) mass is 570 g/mol. The number of nitrogens with one attached hydrogen (secondary N) is 2. The highest BCUT2D eigenvalue weighted by atomic mass is 16.9. The van der Waals surface area contributed by atoms with Gasteiger partial charge in [0, 0.05) is 42.3 Å². The Morgan fingerprint density at radius 2 is 1.71 bits per heavy atom. The second-order valence-electron chi connectivity index (χ2n) is 8.68. The maximum Gasteiger partial charge on any atom is 0.475 e. The van der Waals surface area contributed by atoms with E-state index in [9.17, 15) is 29.4 Å². The van der Waals surface area contributed by atoms with Crippen LogP contribution in [0.2, 0.25) is 0 Å². The number of carbonyl (C=O) groups excluding carboxylic acids is 3. The first-order chi connectivity index (χ1) is 19.6. The normalized spacial score (nSPS) is 14.5. The van der Waals surface area contributed by atoms with E-state index in [4.69, 9.17) is 14.7 Å². The van der Waals surface area contributed by atoms with Gasteiger partial charge in [-0.3, -0.25) is 19.9 Å². The number of aromatic nitrogens is 1. The minimum absolute atomic E-state index is 0.0127. The van der Waals surface area contributed by atoms with Gasteiger partial charge in [-0.25, -0.2) is 14.8 Å². The largest absolute Gasteiger partial charge is 0.475 e. The van der Waals surface area contributed by atoms with Gasteiger partial charge >= 0.3 is 17.0 Å². The van der Waals surface area contributed by atoms with E-state index in [2.05, 4.69) is 20.5 Å². The Bertz CT molecular complexity index is 1390. The number of ether oxygens (including phenoxy) is 2. The summed E-state index contributed by atoms with van der Waals surface area (Å²) in [5.74, 6) is -3.14. The number of pyridine rings is 1. The first kappa shape index (κ1) is 30.2. The first-order valence-electron chi connectivity index (χ1n) is 12.3. The number of nitro benzene ring substituents is 1. The van der Waals surface area contributed by atoms with Crippen LogP contribution < -0.4 is 10.6 Å². The van der Waals surface area contributed by atoms with Crippen LogP contribution in [0.1, 0.15) is 42.1 Å². The Morgan fingerprint density at radius 3 is 2.32 bits per heavy atom. The molecule has 15 heteroatoms. The van der Waals surface area contributed by atoms with E-state index in [1.165, 1.54) is 36.7 Å². The van der Waals surface area contributed by atoms with E-state index < -0.39 is 33.8 Å². The molecule has 1 aliphatic heterocycles. The number of amides is 1. The number of esters is 2. The Kier molecular flexibility index (Phi) is 10.4. The minimum Gasteiger partial charge on any atom is -0.462 e. The molecule has 1 aromatic heterocycles. The van der Waals surface area contributed by atoms with Crippen LogP contribution in [0.5, 0.6) is 0 Å². The first-order valence-corrected chi connectivity index (χ1v) is 12.3. The summed E-state index contributed by atoms with van der Waals surface area (Å²) in [5.41, 5.74) is 1.09. The molecule has 1 amide bonds. The van der Waals surface area contributed by atoms with E-state index in [1.54, 1.807) is 26.0 Å². The molecule has 3 rings (SSSR count). The Morgan fingerprint density at radius 1 is 1.02 bits per heavy atom. The maximum absolute atomic E-state index is 13.3. The van der Waals surface area contributed by atoms with Crippen molar-refractivity contribution in [1.82, 2.24) is 15.6 Å². The van der Waals surface area contributed by atoms with Crippen molar-refractivity contribution in [1.29, 1.82) is 0 Å². The highest BCUT2D eigenvalue weighted by molar-refractivity contribution is 6.00. The zero-order valence-electron chi connectivity index (χ0n) is 22.2. The quantitative estimate of drug-likeness (QED) is 0.137. The summed E-state index contributed by atoms with van der Waals surface area (Å²) < 4.78 is 10.7. The highest BCUT2D eigenvalue weighted by Crippen LogP contribution is 2.40. The fourth-order valence-electron chi connectivity index (χ4n) is 4.12. The van der Waals surface area contributed by atoms with E-state index in [-0.39, 0.29) is 55.2 Å². The molecule has 1 aliphatic rings. The average molecular weight is 571 g/mol. The van der Waals surface area contributed by atoms with Crippen molar-refractivity contribution in [2.45, 2.75) is 26.2 Å². The number of hydrogen-bond donors (Lipinski definition) is 3. The van der Waals surface area contributed by atoms with Crippen molar-refractivity contribution in [3.63, 3.8) is 0 Å². The van der Waals surface area contributed by atoms with Crippen molar-refractivity contribution in [3.8, 4) is 0 Å². The second-order valence-corrected chi connectivity index (χ2v) is 8.68. The lowest BCUT2D eigenvalue weighted by molar-refractivity contribution is -0.975. The van der Waals surface area contributed by atoms with Gasteiger partial charge in [-0.2, -0.15) is 4.84 Å². The third-order valence-electron chi connectivity index (χ3n) is 5.88. The van der Waals surface area contributed by atoms with Crippen LogP contribution in [0.15, 0.2) is 71.3 Å². The molecule has 0 radical (unpaired) electrons. The third-order valence-corrected chi connectivity index (χ3v) is 5.88. The lowest BCUT2D eigenvalue weighted by Crippen LogP contribution is -2.34. The zero-order valence-corrected chi connectivity index (χ0v) is 22.2. The van der Waals surface area contributed by atoms with Gasteiger partial charge in [-0.05, 0) is 31.5 Å². The standard InChI is InChI=1S/C26H27N5O10/c1-16-21(25(33)39-11-5-12-41-31(37)38)23(18-6-3-8-20(14-18)30(35)36)22(17(2)29-16)26(34)40-13-10-28-24(32)19-7-4-9-27-15-19/h3-4,6-9,14-15,23H,5,10-13H2,1-2H3,(H2-,28,29,32,33,34,37,38)/p+1/t23-/m1/s1. The van der Waals surface area contributed by atoms with Crippen LogP contribution in [0.3, 0.4) is 0 Å². The number of nitro groups is 1. The molecule has 41 heavy (non-hydrogen) atoms. The number of rotatable bonds is 13. The van der Waals surface area contributed by atoms with E-state index in [1.807, 2.05) is 0 Å². The van der Waals surface area contributed by atoms with Crippen LogP contribution in [0.4, 0.5) is 5.69 Å². The van der Waals surface area contributed by atoms with Gasteiger partial charge in [0.15, 0.2) is 6.61 Å². The molecule has 15 nitrogen and oxygen atoms in total. The molecular weight excluding hydrogens is 542 g/mol. The van der Waals surface area contributed by atoms with Crippen LogP contribution >= 0.6 is 0 Å². The number of dihydropyridines is 1. The number of carbonyl (C=O) groups is 3. The number of non-ortho nitro benzene ring substituents is 1. The summed E-state index contributed by atoms with van der Waals surface area (Å²) in [5, 5.41) is 24.8. The summed E-state index contributed by atoms with van der Waals surface area (Å²) in [6.45, 7) is 2.55. The van der Waals surface area contributed by atoms with E-state index >= 15 is 0 Å². The highest BCUT2D eigenvalue weighted by Gasteiger charge is 2.38. The van der Waals surface area contributed by atoms with Gasteiger partial charge in [0.05, 0.1) is 40.7 Å². The molecule has 0 bridgehead atoms. The number of nitrogens with zero attached hydrogens (tertiary/aromatic N) is 3. The summed E-state index contributed by atoms with van der Waals surface area (Å²) in [6.07, 6.45) is 2.99. The minimum atomic E-state index is -1.09. The topological polar surface area (TPSA) is 199 Å². The molecule has 0 saturated heterocycles. The molecular formula is C26H28N5O10+. The van der Waals surface area contributed by atoms with Crippen molar-refractivity contribution in [2.75, 3.05) is 26.4 Å². The summed E-state index contributed by atoms with van der Waals surface area (Å²) >= 11 is 0. The molecule has 0 fully saturated rings. The molecule has 0 spiro atoms. The van der Waals surface area contributed by atoms with Gasteiger partial charge in [0.25, 0.3) is 11.6 Å². The van der Waals surface area contributed by atoms with Crippen molar-refractivity contribution < 1.29 is 43.9 Å². The predicted molar refractivity (Wildman–Crippen MR) is 139 cm³/mol. The van der Waals surface area contributed by atoms with Gasteiger partial charge in [-0.1, -0.05) is 12.1 Å². The fraction of sp³-hybridized carbons (Fsp3) is 0.308. The van der Waals surface area contributed by atoms with Gasteiger partial charge in [-0.15, -0.1) is 0 Å². The van der Waals surface area contributed by atoms with Crippen LogP contribution in [0.25, 0.3) is 0 Å². The summed E-state index contributed by atoms with van der Waals surface area (Å²) in [7, 11) is 0. The van der Waals surface area contributed by atoms with E-state index in [0.717, 1.165) is 0 Å². The third kappa shape index (κ3) is 8.08. The van der Waals surface area contributed by atoms with Gasteiger partial charge in [0.2, 0.25) is 0 Å². The molecule has 216 valence electrons. The zero-order chi connectivity index (χ0) is 29.9. The smallest absolute Gasteiger partial charge is 0.462 e. The van der Waals surface area contributed by atoms with E-state index in [0.29, 0.717) is 17.0 Å². The molecule has 1 atom stereocenters. The summed E-state index contributed by atoms with van der Waals surface area (Å²) in [6, 6.07) is 8.68. The number of benzene rings is 1. The molecule has 2 heterocycles. The van der Waals surface area contributed by atoms with Crippen LogP contribution in [-0.4, -0.2) is 64.4 Å². The molecule has 0 saturated carbocycles. The second kappa shape index (κ2) is 14.2. The molecule has 3 N–H and O–H groups in total. The Labute approximate surface area is 233 Å². The maximum atomic E-state index is 13.3. The van der Waals surface area contributed by atoms with Crippen molar-refractivity contribution in [3.05, 3.63) is 97.5 Å². The SMILES string of the molecule is CC1=C(C(=O)OCCCO[N+](=O)O)[C@@H](c2cccc([N+](=O)[O-])c2)C(C(=O)OCCNC(=O)c2cccnc2)=C(C)N1. The van der Waals surface area contributed by atoms with Gasteiger partial charge in [0.1, 0.15) is 11.5 Å². The van der Waals surface area contributed by atoms with Crippen molar-refractivity contribution >= 4 is 23.5 Å². The molecule has 1 aromatic carbocycles. The van der Waals surface area contributed by atoms with Crippen molar-refractivity contribution in [2.24, 2.45) is 0 Å². The Balaban J connectivity index is 1.81. The lowest BCUT2D eigenvalue weighted by Gasteiger charge is -2.30. The number of allylic oxidation sites excluding steroid dienone is 2. The number of hydrogen-bond acceptors (Lipinski definition) is 11. The molecule has 2 aromatic rings. The fourth-order valence-corrected chi connectivity index (χ4v) is 4.12. The lowest BCUT2D eigenvalue weighted by atomic mass is 9.80. The Hall–Kier alpha value is -5.34. The average Bonchev–Trinajstić information content (AvgIpc) is 2.94. The van der Waals surface area contributed by atoms with Crippen LogP contribution in [-0.2, 0) is 23.9 Å². The predicted octanol–water partition coefficient (Wildman–Crippen LogP) is 2.23. The molecule has 0 unspecified atom stereocenters. The summed E-state index contributed by atoms with van der Waals surface area (Å²) in [4.78, 5) is 68.3.